The lowest BCUT2D eigenvalue weighted by atomic mass is 9.73. The van der Waals surface area contributed by atoms with Crippen molar-refractivity contribution < 1.29 is 9.59 Å². The summed E-state index contributed by atoms with van der Waals surface area (Å²) >= 11 is 0. The number of carbonyl (C=O) groups is 2. The van der Waals surface area contributed by atoms with Crippen LogP contribution in [0.15, 0.2) is 61.7 Å². The van der Waals surface area contributed by atoms with Crippen molar-refractivity contribution in [1.29, 1.82) is 0 Å². The minimum absolute atomic E-state index is 0.103. The average molecular weight is 389 g/mol. The average Bonchev–Trinajstić information content (AvgIpc) is 3.04. The highest BCUT2D eigenvalue weighted by atomic mass is 16.2. The maximum absolute atomic E-state index is 12.5. The number of rotatable bonds is 8. The van der Waals surface area contributed by atoms with Gasteiger partial charge in [-0.25, -0.2) is 0 Å². The van der Waals surface area contributed by atoms with Crippen LogP contribution < -0.4 is 10.6 Å². The SMILES string of the molecule is C=CCNC(=O)c1ccc2c(c1)C(CC)(CC)c1cc(C(=O)NCC=C)ccc1-2. The highest BCUT2D eigenvalue weighted by Gasteiger charge is 2.41. The number of nitrogens with one attached hydrogen (secondary N) is 2. The molecule has 1 aliphatic carbocycles. The van der Waals surface area contributed by atoms with E-state index in [0.29, 0.717) is 24.2 Å². The molecule has 0 atom stereocenters. The molecule has 0 saturated carbocycles. The zero-order chi connectivity index (χ0) is 21.0. The molecule has 2 N–H and O–H groups in total. The molecular formula is C25H28N2O2. The van der Waals surface area contributed by atoms with E-state index in [0.717, 1.165) is 35.1 Å². The maximum Gasteiger partial charge on any atom is 0.251 e. The molecule has 4 heteroatoms. The third kappa shape index (κ3) is 3.51. The van der Waals surface area contributed by atoms with Crippen LogP contribution in [-0.2, 0) is 5.41 Å². The molecule has 2 amide bonds. The van der Waals surface area contributed by atoms with Crippen molar-refractivity contribution in [2.24, 2.45) is 0 Å². The molecule has 0 aromatic heterocycles. The Morgan fingerprint density at radius 3 is 1.59 bits per heavy atom. The number of benzene rings is 2. The fourth-order valence-electron chi connectivity index (χ4n) is 4.32. The zero-order valence-corrected chi connectivity index (χ0v) is 17.2. The van der Waals surface area contributed by atoms with E-state index >= 15 is 0 Å². The van der Waals surface area contributed by atoms with Crippen molar-refractivity contribution in [2.45, 2.75) is 32.1 Å². The Labute approximate surface area is 172 Å². The van der Waals surface area contributed by atoms with Crippen molar-refractivity contribution in [3.05, 3.63) is 84.0 Å². The smallest absolute Gasteiger partial charge is 0.251 e. The summed E-state index contributed by atoms with van der Waals surface area (Å²) in [5, 5.41) is 5.70. The van der Waals surface area contributed by atoms with E-state index in [1.54, 1.807) is 12.2 Å². The molecule has 4 nitrogen and oxygen atoms in total. The molecule has 0 radical (unpaired) electrons. The number of carbonyl (C=O) groups excluding carboxylic acids is 2. The first-order valence-corrected chi connectivity index (χ1v) is 10.1. The van der Waals surface area contributed by atoms with Crippen LogP contribution in [0.3, 0.4) is 0 Å². The standard InChI is InChI=1S/C25H28N2O2/c1-5-13-26-23(28)17-9-11-19-20-12-10-18(24(29)27-14-6-2)16-22(20)25(7-3,8-4)21(19)15-17/h5-6,9-12,15-16H,1-2,7-8,13-14H2,3-4H3,(H,26,28)(H,27,29). The minimum Gasteiger partial charge on any atom is -0.349 e. The molecular weight excluding hydrogens is 360 g/mol. The summed E-state index contributed by atoms with van der Waals surface area (Å²) in [7, 11) is 0. The first-order chi connectivity index (χ1) is 14.0. The van der Waals surface area contributed by atoms with Gasteiger partial charge in [-0.1, -0.05) is 38.1 Å². The van der Waals surface area contributed by atoms with E-state index in [4.69, 9.17) is 0 Å². The van der Waals surface area contributed by atoms with Gasteiger partial charge >= 0.3 is 0 Å². The second-order valence-electron chi connectivity index (χ2n) is 7.31. The Morgan fingerprint density at radius 1 is 0.828 bits per heavy atom. The molecule has 0 aliphatic heterocycles. The fourth-order valence-corrected chi connectivity index (χ4v) is 4.32. The lowest BCUT2D eigenvalue weighted by molar-refractivity contribution is 0.0950. The van der Waals surface area contributed by atoms with E-state index in [9.17, 15) is 9.59 Å². The molecule has 0 bridgehead atoms. The molecule has 0 unspecified atom stereocenters. The molecule has 0 heterocycles. The van der Waals surface area contributed by atoms with Gasteiger partial charge in [0.1, 0.15) is 0 Å². The lowest BCUT2D eigenvalue weighted by Gasteiger charge is -2.30. The van der Waals surface area contributed by atoms with Gasteiger partial charge in [0.25, 0.3) is 11.8 Å². The van der Waals surface area contributed by atoms with Gasteiger partial charge in [-0.05, 0) is 59.4 Å². The topological polar surface area (TPSA) is 58.2 Å². The molecule has 2 aromatic rings. The highest BCUT2D eigenvalue weighted by Crippen LogP contribution is 2.53. The Morgan fingerprint density at radius 2 is 1.24 bits per heavy atom. The van der Waals surface area contributed by atoms with E-state index in [1.807, 2.05) is 36.4 Å². The second kappa shape index (κ2) is 8.48. The van der Waals surface area contributed by atoms with Gasteiger partial charge in [-0.2, -0.15) is 0 Å². The van der Waals surface area contributed by atoms with Crippen molar-refractivity contribution in [1.82, 2.24) is 10.6 Å². The number of hydrogen-bond acceptors (Lipinski definition) is 2. The van der Waals surface area contributed by atoms with E-state index < -0.39 is 0 Å². The van der Waals surface area contributed by atoms with E-state index in [-0.39, 0.29) is 17.2 Å². The van der Waals surface area contributed by atoms with Crippen molar-refractivity contribution in [3.63, 3.8) is 0 Å². The van der Waals surface area contributed by atoms with Gasteiger partial charge in [0.15, 0.2) is 0 Å². The van der Waals surface area contributed by atoms with Gasteiger partial charge in [-0.15, -0.1) is 13.2 Å². The van der Waals surface area contributed by atoms with Gasteiger partial charge in [0.05, 0.1) is 0 Å². The lowest BCUT2D eigenvalue weighted by Crippen LogP contribution is -2.27. The number of fused-ring (bicyclic) bond motifs is 3. The van der Waals surface area contributed by atoms with Crippen molar-refractivity contribution in [3.8, 4) is 11.1 Å². The molecule has 0 spiro atoms. The van der Waals surface area contributed by atoms with Gasteiger partial charge in [0.2, 0.25) is 0 Å². The summed E-state index contributed by atoms with van der Waals surface area (Å²) in [6.07, 6.45) is 5.11. The maximum atomic E-state index is 12.5. The van der Waals surface area contributed by atoms with Gasteiger partial charge in [-0.3, -0.25) is 9.59 Å². The van der Waals surface area contributed by atoms with Crippen LogP contribution in [0.5, 0.6) is 0 Å². The first kappa shape index (κ1) is 20.6. The third-order valence-electron chi connectivity index (χ3n) is 5.91. The number of hydrogen-bond donors (Lipinski definition) is 2. The second-order valence-corrected chi connectivity index (χ2v) is 7.31. The summed E-state index contributed by atoms with van der Waals surface area (Å²) in [5.41, 5.74) is 5.68. The number of amides is 2. The van der Waals surface area contributed by atoms with Crippen LogP contribution in [0, 0.1) is 0 Å². The third-order valence-corrected chi connectivity index (χ3v) is 5.91. The molecule has 29 heavy (non-hydrogen) atoms. The largest absolute Gasteiger partial charge is 0.349 e. The normalized spacial score (nSPS) is 13.2. The Hall–Kier alpha value is -3.14. The summed E-state index contributed by atoms with van der Waals surface area (Å²) in [5.74, 6) is -0.205. The summed E-state index contributed by atoms with van der Waals surface area (Å²) in [4.78, 5) is 25.0. The Balaban J connectivity index is 2.09. The first-order valence-electron chi connectivity index (χ1n) is 10.1. The monoisotopic (exact) mass is 388 g/mol. The van der Waals surface area contributed by atoms with Gasteiger partial charge < -0.3 is 10.6 Å². The van der Waals surface area contributed by atoms with Crippen molar-refractivity contribution in [2.75, 3.05) is 13.1 Å². The zero-order valence-electron chi connectivity index (χ0n) is 17.2. The Bertz CT molecular complexity index is 895. The van der Waals surface area contributed by atoms with E-state index in [1.165, 1.54) is 0 Å². The van der Waals surface area contributed by atoms with E-state index in [2.05, 4.69) is 37.6 Å². The summed E-state index contributed by atoms with van der Waals surface area (Å²) in [6.45, 7) is 12.5. The van der Waals surface area contributed by atoms with Crippen LogP contribution in [0.2, 0.25) is 0 Å². The predicted octanol–water partition coefficient (Wildman–Crippen LogP) is 4.60. The van der Waals surface area contributed by atoms with Crippen LogP contribution in [0.1, 0.15) is 58.5 Å². The van der Waals surface area contributed by atoms with Crippen LogP contribution in [0.25, 0.3) is 11.1 Å². The molecule has 0 saturated heterocycles. The molecule has 2 aromatic carbocycles. The van der Waals surface area contributed by atoms with Gasteiger partial charge in [0, 0.05) is 29.6 Å². The quantitative estimate of drug-likeness (QED) is 0.649. The van der Waals surface area contributed by atoms with Crippen LogP contribution in [-0.4, -0.2) is 24.9 Å². The van der Waals surface area contributed by atoms with Crippen LogP contribution in [0.4, 0.5) is 0 Å². The van der Waals surface area contributed by atoms with Crippen molar-refractivity contribution >= 4 is 11.8 Å². The summed E-state index contributed by atoms with van der Waals surface area (Å²) < 4.78 is 0. The molecule has 150 valence electrons. The Kier molecular flexibility index (Phi) is 6.02. The minimum atomic E-state index is -0.214. The highest BCUT2D eigenvalue weighted by molar-refractivity contribution is 5.98. The van der Waals surface area contributed by atoms with Crippen LogP contribution >= 0.6 is 0 Å². The summed E-state index contributed by atoms with van der Waals surface area (Å²) in [6, 6.07) is 11.8. The molecule has 0 fully saturated rings. The molecule has 3 rings (SSSR count). The molecule has 1 aliphatic rings. The predicted molar refractivity (Wildman–Crippen MR) is 118 cm³/mol. The fraction of sp³-hybridized carbons (Fsp3) is 0.280.